The molecule has 0 radical (unpaired) electrons. The van der Waals surface area contributed by atoms with Crippen LogP contribution in [0.2, 0.25) is 5.02 Å². The molecule has 0 fully saturated rings. The molecule has 9 heteroatoms. The summed E-state index contributed by atoms with van der Waals surface area (Å²) >= 11 is 5.81. The molecule has 2 aromatic carbocycles. The topological polar surface area (TPSA) is 82.1 Å². The lowest BCUT2D eigenvalue weighted by Crippen LogP contribution is -2.31. The Hall–Kier alpha value is -2.45. The van der Waals surface area contributed by atoms with E-state index in [-0.39, 0.29) is 28.5 Å². The third-order valence-corrected chi connectivity index (χ3v) is 6.09. The van der Waals surface area contributed by atoms with Gasteiger partial charge in [0.25, 0.3) is 15.9 Å². The Kier molecular flexibility index (Phi) is 4.72. The van der Waals surface area contributed by atoms with Gasteiger partial charge in [0.05, 0.1) is 38.3 Å². The van der Waals surface area contributed by atoms with Crippen molar-refractivity contribution in [3.63, 3.8) is 0 Å². The quantitative estimate of drug-likeness (QED) is 0.771. The van der Waals surface area contributed by atoms with Crippen molar-refractivity contribution in [3.8, 4) is 17.2 Å². The highest BCUT2D eigenvalue weighted by Gasteiger charge is 2.40. The number of benzene rings is 2. The van der Waals surface area contributed by atoms with Gasteiger partial charge in [0, 0.05) is 10.6 Å². The van der Waals surface area contributed by atoms with E-state index >= 15 is 0 Å². The molecule has 26 heavy (non-hydrogen) atoms. The first-order valence-corrected chi connectivity index (χ1v) is 9.31. The number of rotatable bonds is 5. The van der Waals surface area contributed by atoms with E-state index in [9.17, 15) is 13.2 Å². The Labute approximate surface area is 156 Å². The Morgan fingerprint density at radius 3 is 2.15 bits per heavy atom. The van der Waals surface area contributed by atoms with Crippen LogP contribution in [0.1, 0.15) is 15.9 Å². The molecule has 3 rings (SSSR count). The number of ether oxygens (including phenoxy) is 3. The molecule has 7 nitrogen and oxygen atoms in total. The summed E-state index contributed by atoms with van der Waals surface area (Å²) in [6.45, 7) is -0.164. The van der Waals surface area contributed by atoms with Crippen LogP contribution in [0.25, 0.3) is 0 Å². The molecule has 1 heterocycles. The molecule has 0 saturated carbocycles. The van der Waals surface area contributed by atoms with E-state index in [2.05, 4.69) is 0 Å². The van der Waals surface area contributed by atoms with Crippen molar-refractivity contribution in [2.45, 2.75) is 11.4 Å². The molecule has 0 atom stereocenters. The van der Waals surface area contributed by atoms with Gasteiger partial charge in [-0.2, -0.15) is 0 Å². The van der Waals surface area contributed by atoms with Crippen LogP contribution in [-0.4, -0.2) is 40.0 Å². The number of sulfonamides is 1. The van der Waals surface area contributed by atoms with Crippen LogP contribution in [0, 0.1) is 0 Å². The number of fused-ring (bicyclic) bond motifs is 1. The number of carbonyl (C=O) groups is 1. The van der Waals surface area contributed by atoms with Gasteiger partial charge in [-0.3, -0.25) is 4.79 Å². The van der Waals surface area contributed by atoms with Crippen molar-refractivity contribution >= 4 is 27.5 Å². The van der Waals surface area contributed by atoms with Crippen molar-refractivity contribution in [3.05, 3.63) is 46.5 Å². The van der Waals surface area contributed by atoms with Crippen LogP contribution in [0.3, 0.4) is 0 Å². The fraction of sp³-hybridized carbons (Fsp3) is 0.235. The molecular weight excluding hydrogens is 382 g/mol. The average molecular weight is 398 g/mol. The Bertz CT molecular complexity index is 972. The molecule has 0 N–H and O–H groups in total. The summed E-state index contributed by atoms with van der Waals surface area (Å²) in [5, 5.41) is 0.399. The van der Waals surface area contributed by atoms with Crippen molar-refractivity contribution in [2.24, 2.45) is 0 Å². The molecule has 2 aromatic rings. The van der Waals surface area contributed by atoms with Gasteiger partial charge in [0.15, 0.2) is 11.5 Å². The SMILES string of the molecule is COc1cc2c(c(OC)c1OC)CN(S(=O)(=O)c1ccc(Cl)cc1)C2=O. The van der Waals surface area contributed by atoms with Crippen LogP contribution in [0.5, 0.6) is 17.2 Å². The third kappa shape index (κ3) is 2.75. The van der Waals surface area contributed by atoms with Crippen LogP contribution < -0.4 is 14.2 Å². The standard InChI is InChI=1S/C17H16ClNO6S/c1-23-14-8-12-13(15(24-2)16(14)25-3)9-19(17(12)20)26(21,22)11-6-4-10(18)5-7-11/h4-8H,9H2,1-3H3. The molecular formula is C17H16ClNO6S. The summed E-state index contributed by atoms with van der Waals surface area (Å²) in [6.07, 6.45) is 0. The lowest BCUT2D eigenvalue weighted by molar-refractivity contribution is 0.0879. The van der Waals surface area contributed by atoms with Crippen molar-refractivity contribution in [1.82, 2.24) is 4.31 Å². The minimum atomic E-state index is -4.05. The number of amides is 1. The zero-order valence-corrected chi connectivity index (χ0v) is 15.8. The summed E-state index contributed by atoms with van der Waals surface area (Å²) in [6, 6.07) is 7.07. The van der Waals surface area contributed by atoms with Crippen LogP contribution in [0.4, 0.5) is 0 Å². The molecule has 0 spiro atoms. The largest absolute Gasteiger partial charge is 0.493 e. The van der Waals surface area contributed by atoms with Crippen molar-refractivity contribution < 1.29 is 27.4 Å². The minimum absolute atomic E-state index is 0.0269. The maximum Gasteiger partial charge on any atom is 0.268 e. The number of hydrogen-bond acceptors (Lipinski definition) is 6. The second-order valence-electron chi connectivity index (χ2n) is 5.44. The van der Waals surface area contributed by atoms with E-state index in [4.69, 9.17) is 25.8 Å². The van der Waals surface area contributed by atoms with Gasteiger partial charge in [0.2, 0.25) is 5.75 Å². The molecule has 1 amide bonds. The molecule has 1 aliphatic heterocycles. The zero-order chi connectivity index (χ0) is 19.1. The van der Waals surface area contributed by atoms with E-state index in [1.807, 2.05) is 0 Å². The molecule has 0 aromatic heterocycles. The van der Waals surface area contributed by atoms with E-state index in [0.717, 1.165) is 4.31 Å². The first-order chi connectivity index (χ1) is 12.3. The number of methoxy groups -OCH3 is 3. The lowest BCUT2D eigenvalue weighted by Gasteiger charge is -2.16. The van der Waals surface area contributed by atoms with Gasteiger partial charge in [-0.15, -0.1) is 0 Å². The van der Waals surface area contributed by atoms with Crippen molar-refractivity contribution in [1.29, 1.82) is 0 Å². The third-order valence-electron chi connectivity index (χ3n) is 4.09. The summed E-state index contributed by atoms with van der Waals surface area (Å²) in [7, 11) is 0.225. The maximum absolute atomic E-state index is 12.9. The smallest absolute Gasteiger partial charge is 0.268 e. The van der Waals surface area contributed by atoms with Crippen LogP contribution in [-0.2, 0) is 16.6 Å². The maximum atomic E-state index is 12.9. The van der Waals surface area contributed by atoms with Crippen LogP contribution in [0.15, 0.2) is 35.2 Å². The fourth-order valence-corrected chi connectivity index (χ4v) is 4.32. The number of nitrogens with zero attached hydrogens (tertiary/aromatic N) is 1. The monoisotopic (exact) mass is 397 g/mol. The zero-order valence-electron chi connectivity index (χ0n) is 14.3. The summed E-state index contributed by atoms with van der Waals surface area (Å²) in [4.78, 5) is 12.8. The Morgan fingerprint density at radius 1 is 1.00 bits per heavy atom. The van der Waals surface area contributed by atoms with Crippen molar-refractivity contribution in [2.75, 3.05) is 21.3 Å². The fourth-order valence-electron chi connectivity index (χ4n) is 2.84. The second-order valence-corrected chi connectivity index (χ2v) is 7.74. The van der Waals surface area contributed by atoms with Gasteiger partial charge in [-0.05, 0) is 30.3 Å². The van der Waals surface area contributed by atoms with Gasteiger partial charge in [-0.1, -0.05) is 11.6 Å². The average Bonchev–Trinajstić information content (AvgIpc) is 2.97. The molecule has 0 bridgehead atoms. The Balaban J connectivity index is 2.11. The highest BCUT2D eigenvalue weighted by atomic mass is 35.5. The predicted molar refractivity (Wildman–Crippen MR) is 94.6 cm³/mol. The van der Waals surface area contributed by atoms with E-state index in [1.54, 1.807) is 0 Å². The van der Waals surface area contributed by atoms with Gasteiger partial charge in [-0.25, -0.2) is 12.7 Å². The van der Waals surface area contributed by atoms with E-state index in [1.165, 1.54) is 51.7 Å². The number of carbonyl (C=O) groups excluding carboxylic acids is 1. The summed E-state index contributed by atoms with van der Waals surface area (Å²) in [5.74, 6) is 0.188. The molecule has 0 aliphatic carbocycles. The van der Waals surface area contributed by atoms with Gasteiger partial charge < -0.3 is 14.2 Å². The summed E-state index contributed by atoms with van der Waals surface area (Å²) in [5.41, 5.74) is 0.615. The molecule has 0 unspecified atom stereocenters. The Morgan fingerprint density at radius 2 is 1.62 bits per heavy atom. The summed E-state index contributed by atoms with van der Waals surface area (Å²) < 4.78 is 42.5. The first kappa shape index (κ1) is 18.3. The second kappa shape index (κ2) is 6.69. The lowest BCUT2D eigenvalue weighted by atomic mass is 10.1. The van der Waals surface area contributed by atoms with Crippen LogP contribution >= 0.6 is 11.6 Å². The normalized spacial score (nSPS) is 13.5. The first-order valence-electron chi connectivity index (χ1n) is 7.49. The highest BCUT2D eigenvalue weighted by Crippen LogP contribution is 2.45. The minimum Gasteiger partial charge on any atom is -0.493 e. The highest BCUT2D eigenvalue weighted by molar-refractivity contribution is 7.89. The van der Waals surface area contributed by atoms with Gasteiger partial charge in [0.1, 0.15) is 0 Å². The molecule has 0 saturated heterocycles. The van der Waals surface area contributed by atoms with E-state index < -0.39 is 15.9 Å². The number of halogens is 1. The molecule has 138 valence electrons. The van der Waals surface area contributed by atoms with E-state index in [0.29, 0.717) is 16.3 Å². The van der Waals surface area contributed by atoms with Gasteiger partial charge >= 0.3 is 0 Å². The predicted octanol–water partition coefficient (Wildman–Crippen LogP) is 2.71. The number of hydrogen-bond donors (Lipinski definition) is 0. The molecule has 1 aliphatic rings.